The maximum Gasteiger partial charge on any atom is 0.195 e. The highest BCUT2D eigenvalue weighted by Crippen LogP contribution is 2.25. The summed E-state index contributed by atoms with van der Waals surface area (Å²) in [4.78, 5) is 0. The molecule has 0 saturated heterocycles. The van der Waals surface area contributed by atoms with E-state index in [-0.39, 0.29) is 0 Å². The normalized spacial score (nSPS) is 11.0. The number of hydrogen-bond donors (Lipinski definition) is 0. The van der Waals surface area contributed by atoms with Crippen LogP contribution in [0.5, 0.6) is 5.75 Å². The van der Waals surface area contributed by atoms with E-state index < -0.39 is 0 Å². The molecule has 0 radical (unpaired) electrons. The first-order valence-corrected chi connectivity index (χ1v) is 8.88. The van der Waals surface area contributed by atoms with Crippen LogP contribution in [0.2, 0.25) is 10.0 Å². The van der Waals surface area contributed by atoms with Crippen molar-refractivity contribution < 1.29 is 4.74 Å². The Labute approximate surface area is 149 Å². The summed E-state index contributed by atoms with van der Waals surface area (Å²) >= 11 is 17.0. The smallest absolute Gasteiger partial charge is 0.195 e. The minimum atomic E-state index is 0.484. The van der Waals surface area contributed by atoms with E-state index in [1.54, 1.807) is 16.7 Å². The first-order valence-electron chi connectivity index (χ1n) is 6.34. The zero-order valence-electron chi connectivity index (χ0n) is 11.2. The number of rotatable bonds is 5. The second-order valence-electron chi connectivity index (χ2n) is 4.33. The number of hydrogen-bond acceptors (Lipinski definition) is 4. The van der Waals surface area contributed by atoms with Crippen LogP contribution in [-0.2, 0) is 0 Å². The van der Waals surface area contributed by atoms with Crippen molar-refractivity contribution in [3.8, 4) is 5.75 Å². The fourth-order valence-corrected chi connectivity index (χ4v) is 3.32. The monoisotopic (exact) mass is 417 g/mol. The average Bonchev–Trinajstić information content (AvgIpc) is 2.89. The molecular weight excluding hydrogens is 409 g/mol. The molecule has 2 aromatic heterocycles. The van der Waals surface area contributed by atoms with E-state index in [0.717, 1.165) is 21.1 Å². The van der Waals surface area contributed by atoms with Crippen molar-refractivity contribution in [2.45, 2.75) is 5.16 Å². The fraction of sp³-hybridized carbons (Fsp3) is 0.143. The molecule has 0 aliphatic heterocycles. The Bertz CT molecular complexity index is 795. The summed E-state index contributed by atoms with van der Waals surface area (Å²) in [5.74, 6) is 1.57. The van der Waals surface area contributed by atoms with Crippen molar-refractivity contribution >= 4 is 56.5 Å². The Balaban J connectivity index is 1.61. The lowest BCUT2D eigenvalue weighted by atomic mass is 10.3. The van der Waals surface area contributed by atoms with Gasteiger partial charge in [-0.3, -0.25) is 4.40 Å². The van der Waals surface area contributed by atoms with E-state index in [2.05, 4.69) is 26.1 Å². The maximum absolute atomic E-state index is 6.08. The number of fused-ring (bicyclic) bond motifs is 1. The van der Waals surface area contributed by atoms with E-state index in [0.29, 0.717) is 22.3 Å². The number of ether oxygens (including phenoxy) is 1. The molecule has 1 aromatic carbocycles. The zero-order chi connectivity index (χ0) is 15.5. The molecule has 0 aliphatic carbocycles. The Hall–Kier alpha value is -0.950. The van der Waals surface area contributed by atoms with Gasteiger partial charge >= 0.3 is 0 Å². The van der Waals surface area contributed by atoms with Crippen molar-refractivity contribution in [3.63, 3.8) is 0 Å². The van der Waals surface area contributed by atoms with E-state index in [1.807, 2.05) is 24.3 Å². The fourth-order valence-electron chi connectivity index (χ4n) is 1.82. The first-order chi connectivity index (χ1) is 10.6. The Morgan fingerprint density at radius 3 is 2.73 bits per heavy atom. The molecule has 0 N–H and O–H groups in total. The second kappa shape index (κ2) is 7.08. The van der Waals surface area contributed by atoms with Crippen LogP contribution in [0.1, 0.15) is 0 Å². The van der Waals surface area contributed by atoms with Crippen LogP contribution < -0.4 is 4.74 Å². The summed E-state index contributed by atoms with van der Waals surface area (Å²) in [7, 11) is 0. The van der Waals surface area contributed by atoms with Crippen LogP contribution in [0.25, 0.3) is 5.65 Å². The first kappa shape index (κ1) is 15.9. The van der Waals surface area contributed by atoms with Crippen molar-refractivity contribution in [2.75, 3.05) is 12.4 Å². The summed E-state index contributed by atoms with van der Waals surface area (Å²) in [5.41, 5.74) is 0.599. The molecule has 2 heterocycles. The van der Waals surface area contributed by atoms with E-state index >= 15 is 0 Å². The standard InChI is InChI=1S/C14H10BrCl2N3OS/c15-9-1-3-11(4-2-9)21-5-6-22-14-19-18-13-12(17)7-10(16)8-20(13)14/h1-4,7-8H,5-6H2. The lowest BCUT2D eigenvalue weighted by Crippen LogP contribution is -2.00. The Morgan fingerprint density at radius 1 is 1.18 bits per heavy atom. The molecule has 22 heavy (non-hydrogen) atoms. The van der Waals surface area contributed by atoms with Gasteiger partial charge in [-0.2, -0.15) is 0 Å². The molecule has 0 spiro atoms. The summed E-state index contributed by atoms with van der Waals surface area (Å²) in [5, 5.41) is 9.95. The number of nitrogens with zero attached hydrogens (tertiary/aromatic N) is 3. The van der Waals surface area contributed by atoms with Crippen LogP contribution in [0, 0.1) is 0 Å². The molecule has 0 unspecified atom stereocenters. The number of aromatic nitrogens is 3. The molecule has 0 amide bonds. The average molecular weight is 419 g/mol. The third-order valence-electron chi connectivity index (χ3n) is 2.79. The Morgan fingerprint density at radius 2 is 1.95 bits per heavy atom. The van der Waals surface area contributed by atoms with Crippen molar-refractivity contribution in [3.05, 3.63) is 51.0 Å². The lowest BCUT2D eigenvalue weighted by molar-refractivity contribution is 0.344. The van der Waals surface area contributed by atoms with E-state index in [9.17, 15) is 0 Å². The molecule has 3 aromatic rings. The van der Waals surface area contributed by atoms with Gasteiger partial charge in [0.05, 0.1) is 16.7 Å². The summed E-state index contributed by atoms with van der Waals surface area (Å²) < 4.78 is 8.48. The van der Waals surface area contributed by atoms with E-state index in [1.165, 1.54) is 11.8 Å². The summed E-state index contributed by atoms with van der Waals surface area (Å²) in [6.45, 7) is 0.565. The van der Waals surface area contributed by atoms with Gasteiger partial charge in [-0.25, -0.2) is 0 Å². The predicted molar refractivity (Wildman–Crippen MR) is 93.4 cm³/mol. The van der Waals surface area contributed by atoms with Crippen LogP contribution >= 0.6 is 50.9 Å². The molecule has 114 valence electrons. The van der Waals surface area contributed by atoms with Gasteiger partial charge in [0.2, 0.25) is 0 Å². The number of halogens is 3. The largest absolute Gasteiger partial charge is 0.493 e. The quantitative estimate of drug-likeness (QED) is 0.433. The van der Waals surface area contributed by atoms with E-state index in [4.69, 9.17) is 27.9 Å². The third kappa shape index (κ3) is 3.68. The highest BCUT2D eigenvalue weighted by atomic mass is 79.9. The van der Waals surface area contributed by atoms with Crippen LogP contribution in [0.15, 0.2) is 46.2 Å². The van der Waals surface area contributed by atoms with Crippen LogP contribution in [0.3, 0.4) is 0 Å². The highest BCUT2D eigenvalue weighted by Gasteiger charge is 2.10. The molecule has 8 heteroatoms. The lowest BCUT2D eigenvalue weighted by Gasteiger charge is -2.05. The van der Waals surface area contributed by atoms with Gasteiger partial charge in [-0.1, -0.05) is 50.9 Å². The molecular formula is C14H10BrCl2N3OS. The number of thioether (sulfide) groups is 1. The molecule has 4 nitrogen and oxygen atoms in total. The predicted octanol–water partition coefficient (Wildman–Crippen LogP) is 4.97. The maximum atomic E-state index is 6.08. The van der Waals surface area contributed by atoms with Gasteiger partial charge in [-0.15, -0.1) is 10.2 Å². The minimum Gasteiger partial charge on any atom is -0.493 e. The van der Waals surface area contributed by atoms with Crippen molar-refractivity contribution in [2.24, 2.45) is 0 Å². The summed E-state index contributed by atoms with van der Waals surface area (Å²) in [6, 6.07) is 9.37. The third-order valence-corrected chi connectivity index (χ3v) is 4.71. The van der Waals surface area contributed by atoms with Gasteiger partial charge in [0.1, 0.15) is 5.75 Å². The van der Waals surface area contributed by atoms with Gasteiger partial charge in [-0.05, 0) is 30.3 Å². The molecule has 0 atom stereocenters. The summed E-state index contributed by atoms with van der Waals surface area (Å²) in [6.07, 6.45) is 1.75. The topological polar surface area (TPSA) is 39.4 Å². The molecule has 3 rings (SSSR count). The second-order valence-corrected chi connectivity index (χ2v) is 7.15. The van der Waals surface area contributed by atoms with Crippen molar-refractivity contribution in [1.82, 2.24) is 14.6 Å². The van der Waals surface area contributed by atoms with Gasteiger partial charge < -0.3 is 4.74 Å². The molecule has 0 saturated carbocycles. The highest BCUT2D eigenvalue weighted by molar-refractivity contribution is 9.10. The minimum absolute atomic E-state index is 0.484. The van der Waals surface area contributed by atoms with Crippen molar-refractivity contribution in [1.29, 1.82) is 0 Å². The molecule has 0 bridgehead atoms. The Kier molecular flexibility index (Phi) is 5.13. The molecule has 0 aliphatic rings. The van der Waals surface area contributed by atoms with Gasteiger partial charge in [0, 0.05) is 16.4 Å². The molecule has 0 fully saturated rings. The number of pyridine rings is 1. The zero-order valence-corrected chi connectivity index (χ0v) is 15.1. The van der Waals surface area contributed by atoms with Gasteiger partial charge in [0.25, 0.3) is 0 Å². The van der Waals surface area contributed by atoms with Crippen LogP contribution in [-0.4, -0.2) is 27.0 Å². The van der Waals surface area contributed by atoms with Gasteiger partial charge in [0.15, 0.2) is 10.8 Å². The number of benzene rings is 1. The SMILES string of the molecule is Clc1cc(Cl)c2nnc(SCCOc3ccc(Br)cc3)n2c1. The van der Waals surface area contributed by atoms with Crippen LogP contribution in [0.4, 0.5) is 0 Å².